The first-order valence-corrected chi connectivity index (χ1v) is 11.8. The summed E-state index contributed by atoms with van der Waals surface area (Å²) in [6.45, 7) is 3.42. The fraction of sp³-hybridized carbons (Fsp3) is 0.385. The highest BCUT2D eigenvalue weighted by molar-refractivity contribution is 5.91. The van der Waals surface area contributed by atoms with Gasteiger partial charge in [-0.15, -0.1) is 0 Å². The number of hydrogen-bond acceptors (Lipinski definition) is 9. The number of carbonyl (C=O) groups excluding carboxylic acids is 1. The van der Waals surface area contributed by atoms with Crippen LogP contribution in [0.5, 0.6) is 11.5 Å². The van der Waals surface area contributed by atoms with Crippen LogP contribution in [0.3, 0.4) is 0 Å². The molecule has 0 unspecified atom stereocenters. The van der Waals surface area contributed by atoms with E-state index in [-0.39, 0.29) is 5.97 Å². The van der Waals surface area contributed by atoms with Crippen LogP contribution in [0.15, 0.2) is 36.4 Å². The van der Waals surface area contributed by atoms with Gasteiger partial charge >= 0.3 is 5.97 Å². The molecule has 4 rings (SSSR count). The van der Waals surface area contributed by atoms with Gasteiger partial charge in [0.2, 0.25) is 0 Å². The van der Waals surface area contributed by atoms with Gasteiger partial charge in [0, 0.05) is 29.8 Å². The van der Waals surface area contributed by atoms with E-state index in [0.717, 1.165) is 34.6 Å². The van der Waals surface area contributed by atoms with Crippen LogP contribution in [0.1, 0.15) is 21.5 Å². The van der Waals surface area contributed by atoms with E-state index in [4.69, 9.17) is 23.7 Å². The van der Waals surface area contributed by atoms with Crippen molar-refractivity contribution >= 4 is 17.5 Å². The Kier molecular flexibility index (Phi) is 8.77. The first-order chi connectivity index (χ1) is 17.6. The summed E-state index contributed by atoms with van der Waals surface area (Å²) in [5.41, 5.74) is 5.32. The van der Waals surface area contributed by atoms with Crippen molar-refractivity contribution in [3.05, 3.63) is 53.1 Å². The highest BCUT2D eigenvalue weighted by Gasteiger charge is 2.27. The number of ether oxygens (including phenoxy) is 5. The van der Waals surface area contributed by atoms with Crippen molar-refractivity contribution in [1.82, 2.24) is 15.5 Å². The summed E-state index contributed by atoms with van der Waals surface area (Å²) in [4.78, 5) is 11.9. The molecule has 10 nitrogen and oxygen atoms in total. The monoisotopic (exact) mass is 496 g/mol. The van der Waals surface area contributed by atoms with Gasteiger partial charge in [0.15, 0.2) is 17.3 Å². The number of methoxy groups -OCH3 is 2. The average molecular weight is 497 g/mol. The summed E-state index contributed by atoms with van der Waals surface area (Å²) in [7, 11) is 4.88. The Morgan fingerprint density at radius 3 is 2.61 bits per heavy atom. The molecule has 0 amide bonds. The van der Waals surface area contributed by atoms with E-state index in [1.54, 1.807) is 25.3 Å². The topological polar surface area (TPSA) is 116 Å². The number of benzene rings is 2. The minimum Gasteiger partial charge on any atom is -0.493 e. The molecule has 0 bridgehead atoms. The molecule has 0 radical (unpaired) electrons. The summed E-state index contributed by atoms with van der Waals surface area (Å²) in [6.07, 6.45) is 0.682. The lowest BCUT2D eigenvalue weighted by Gasteiger charge is -2.13. The van der Waals surface area contributed by atoms with Gasteiger partial charge < -0.3 is 34.3 Å². The minimum absolute atomic E-state index is 0.388. The maximum absolute atomic E-state index is 11.9. The fourth-order valence-electron chi connectivity index (χ4n) is 3.99. The Labute approximate surface area is 210 Å². The highest BCUT2D eigenvalue weighted by atomic mass is 16.6. The molecular weight excluding hydrogens is 464 g/mol. The number of nitrogens with one attached hydrogen (secondary N) is 3. The predicted molar refractivity (Wildman–Crippen MR) is 136 cm³/mol. The first-order valence-electron chi connectivity index (χ1n) is 11.8. The van der Waals surface area contributed by atoms with Crippen molar-refractivity contribution in [2.45, 2.75) is 6.42 Å². The fourth-order valence-corrected chi connectivity index (χ4v) is 3.99. The Bertz CT molecular complexity index is 1180. The number of carbonyl (C=O) groups is 1. The number of rotatable bonds is 14. The number of hydrogen-bond donors (Lipinski definition) is 3. The number of H-pyrrole nitrogens is 1. The standard InChI is InChI=1S/C26H32N4O6/c1-27-7-8-34-9-10-35-11-12-36-23-15-18-14-21-24(20(18)16-22(23)32-2)29-30-25(21)28-19-6-4-5-17(13-19)26(31)33-3/h4-6,13,15-16,27H,7-12,14H2,1-3H3,(H2,28,29,30). The molecule has 0 spiro atoms. The molecule has 0 atom stereocenters. The second kappa shape index (κ2) is 12.4. The van der Waals surface area contributed by atoms with Gasteiger partial charge in [-0.1, -0.05) is 6.07 Å². The van der Waals surface area contributed by atoms with Crippen molar-refractivity contribution in [1.29, 1.82) is 0 Å². The van der Waals surface area contributed by atoms with Crippen LogP contribution in [-0.4, -0.2) is 77.0 Å². The van der Waals surface area contributed by atoms with Crippen molar-refractivity contribution in [3.63, 3.8) is 0 Å². The Morgan fingerprint density at radius 2 is 1.83 bits per heavy atom. The van der Waals surface area contributed by atoms with E-state index in [9.17, 15) is 4.79 Å². The van der Waals surface area contributed by atoms with Gasteiger partial charge in [0.25, 0.3) is 0 Å². The van der Waals surface area contributed by atoms with Crippen molar-refractivity contribution in [2.75, 3.05) is 66.2 Å². The molecule has 1 aliphatic carbocycles. The number of fused-ring (bicyclic) bond motifs is 3. The molecule has 1 aromatic heterocycles. The average Bonchev–Trinajstić information content (AvgIpc) is 3.45. The van der Waals surface area contributed by atoms with E-state index in [1.807, 2.05) is 25.2 Å². The van der Waals surface area contributed by atoms with Crippen LogP contribution in [0.2, 0.25) is 0 Å². The molecule has 3 N–H and O–H groups in total. The lowest BCUT2D eigenvalue weighted by atomic mass is 10.1. The van der Waals surface area contributed by atoms with Crippen molar-refractivity contribution in [3.8, 4) is 22.8 Å². The molecule has 3 aromatic rings. The largest absolute Gasteiger partial charge is 0.493 e. The SMILES string of the molecule is CNCCOCCOCCOc1cc2c(cc1OC)-c1[nH]nc(Nc3cccc(C(=O)OC)c3)c1C2. The summed E-state index contributed by atoms with van der Waals surface area (Å²) < 4.78 is 27.4. The molecule has 0 saturated heterocycles. The molecule has 1 heterocycles. The third-order valence-corrected chi connectivity index (χ3v) is 5.79. The number of aromatic amines is 1. The van der Waals surface area contributed by atoms with Crippen LogP contribution in [0.4, 0.5) is 11.5 Å². The van der Waals surface area contributed by atoms with Crippen molar-refractivity contribution < 1.29 is 28.5 Å². The van der Waals surface area contributed by atoms with Crippen LogP contribution in [-0.2, 0) is 20.6 Å². The molecule has 36 heavy (non-hydrogen) atoms. The van der Waals surface area contributed by atoms with Gasteiger partial charge in [0.1, 0.15) is 6.61 Å². The molecule has 2 aromatic carbocycles. The smallest absolute Gasteiger partial charge is 0.337 e. The Hall–Kier alpha value is -3.60. The number of esters is 1. The van der Waals surface area contributed by atoms with E-state index < -0.39 is 0 Å². The number of aromatic nitrogens is 2. The quantitative estimate of drug-likeness (QED) is 0.179. The highest BCUT2D eigenvalue weighted by Crippen LogP contribution is 2.44. The zero-order chi connectivity index (χ0) is 25.3. The third kappa shape index (κ3) is 5.96. The van der Waals surface area contributed by atoms with Crippen LogP contribution < -0.4 is 20.1 Å². The lowest BCUT2D eigenvalue weighted by Crippen LogP contribution is -2.17. The van der Waals surface area contributed by atoms with Crippen LogP contribution in [0, 0.1) is 0 Å². The normalized spacial score (nSPS) is 11.6. The van der Waals surface area contributed by atoms with E-state index in [0.29, 0.717) is 62.3 Å². The Morgan fingerprint density at radius 1 is 1.03 bits per heavy atom. The molecule has 0 fully saturated rings. The van der Waals surface area contributed by atoms with Gasteiger partial charge in [-0.2, -0.15) is 5.10 Å². The number of nitrogens with zero attached hydrogens (tertiary/aromatic N) is 1. The molecule has 1 aliphatic rings. The third-order valence-electron chi connectivity index (χ3n) is 5.79. The summed E-state index contributed by atoms with van der Waals surface area (Å²) in [6, 6.07) is 11.1. The van der Waals surface area contributed by atoms with Gasteiger partial charge in [-0.25, -0.2) is 4.79 Å². The summed E-state index contributed by atoms with van der Waals surface area (Å²) >= 11 is 0. The molecule has 0 saturated carbocycles. The van der Waals surface area contributed by atoms with Crippen LogP contribution in [0.25, 0.3) is 11.3 Å². The molecular formula is C26H32N4O6. The van der Waals surface area contributed by atoms with E-state index >= 15 is 0 Å². The van der Waals surface area contributed by atoms with E-state index in [1.165, 1.54) is 7.11 Å². The van der Waals surface area contributed by atoms with Gasteiger partial charge in [-0.3, -0.25) is 5.10 Å². The maximum atomic E-state index is 11.9. The predicted octanol–water partition coefficient (Wildman–Crippen LogP) is 3.15. The van der Waals surface area contributed by atoms with Crippen molar-refractivity contribution in [2.24, 2.45) is 0 Å². The van der Waals surface area contributed by atoms with Gasteiger partial charge in [0.05, 0.1) is 51.9 Å². The zero-order valence-corrected chi connectivity index (χ0v) is 20.8. The number of likely N-dealkylation sites (N-methyl/N-ethyl adjacent to an activating group) is 1. The first kappa shape index (κ1) is 25.5. The maximum Gasteiger partial charge on any atom is 0.337 e. The Balaban J connectivity index is 1.38. The zero-order valence-electron chi connectivity index (χ0n) is 20.8. The lowest BCUT2D eigenvalue weighted by molar-refractivity contribution is 0.0373. The van der Waals surface area contributed by atoms with Gasteiger partial charge in [-0.05, 0) is 42.9 Å². The second-order valence-electron chi connectivity index (χ2n) is 8.14. The van der Waals surface area contributed by atoms with Crippen LogP contribution >= 0.6 is 0 Å². The second-order valence-corrected chi connectivity index (χ2v) is 8.14. The van der Waals surface area contributed by atoms with E-state index in [2.05, 4.69) is 20.8 Å². The molecule has 192 valence electrons. The number of anilines is 2. The summed E-state index contributed by atoms with van der Waals surface area (Å²) in [5.74, 6) is 1.63. The molecule has 0 aliphatic heterocycles. The molecule has 10 heteroatoms. The summed E-state index contributed by atoms with van der Waals surface area (Å²) in [5, 5.41) is 13.9. The minimum atomic E-state index is -0.388.